The van der Waals surface area contributed by atoms with Gasteiger partial charge in [-0.3, -0.25) is 0 Å². The van der Waals surface area contributed by atoms with Crippen LogP contribution in [0.15, 0.2) is 0 Å². The molecule has 0 saturated carbocycles. The van der Waals surface area contributed by atoms with Crippen LogP contribution in [0.2, 0.25) is 0 Å². The summed E-state index contributed by atoms with van der Waals surface area (Å²) in [5.74, 6) is 0.815. The highest BCUT2D eigenvalue weighted by molar-refractivity contribution is 9.08. The lowest BCUT2D eigenvalue weighted by Gasteiger charge is -2.30. The first-order chi connectivity index (χ1) is 7.74. The SMILES string of the molecule is CCc1nc(N2CCCC(C)C2)sc1CBr. The van der Waals surface area contributed by atoms with Gasteiger partial charge in [0.15, 0.2) is 5.13 Å². The van der Waals surface area contributed by atoms with Gasteiger partial charge < -0.3 is 4.90 Å². The number of hydrogen-bond donors (Lipinski definition) is 0. The number of rotatable bonds is 3. The van der Waals surface area contributed by atoms with E-state index in [1.54, 1.807) is 0 Å². The molecule has 1 aliphatic heterocycles. The van der Waals surface area contributed by atoms with Gasteiger partial charge >= 0.3 is 0 Å². The Balaban J connectivity index is 2.16. The third kappa shape index (κ3) is 2.59. The van der Waals surface area contributed by atoms with Crippen molar-refractivity contribution in [3.8, 4) is 0 Å². The highest BCUT2D eigenvalue weighted by atomic mass is 79.9. The van der Waals surface area contributed by atoms with E-state index in [0.29, 0.717) is 0 Å². The Bertz CT molecular complexity index is 329. The van der Waals surface area contributed by atoms with Gasteiger partial charge in [-0.25, -0.2) is 4.98 Å². The van der Waals surface area contributed by atoms with Crippen LogP contribution in [0.3, 0.4) is 0 Å². The van der Waals surface area contributed by atoms with Gasteiger partial charge in [0.1, 0.15) is 0 Å². The summed E-state index contributed by atoms with van der Waals surface area (Å²) in [5.41, 5.74) is 1.27. The van der Waals surface area contributed by atoms with Crippen LogP contribution in [0, 0.1) is 5.92 Å². The van der Waals surface area contributed by atoms with Crippen LogP contribution in [-0.2, 0) is 11.8 Å². The van der Waals surface area contributed by atoms with Crippen molar-refractivity contribution in [2.75, 3.05) is 18.0 Å². The smallest absolute Gasteiger partial charge is 0.185 e. The molecule has 1 unspecified atom stereocenters. The van der Waals surface area contributed by atoms with Crippen LogP contribution in [0.1, 0.15) is 37.3 Å². The molecule has 1 aliphatic rings. The molecule has 0 amide bonds. The molecule has 1 saturated heterocycles. The van der Waals surface area contributed by atoms with Crippen molar-refractivity contribution in [3.05, 3.63) is 10.6 Å². The van der Waals surface area contributed by atoms with E-state index in [4.69, 9.17) is 4.98 Å². The summed E-state index contributed by atoms with van der Waals surface area (Å²) in [7, 11) is 0. The Morgan fingerprint density at radius 3 is 2.94 bits per heavy atom. The number of piperidine rings is 1. The van der Waals surface area contributed by atoms with Crippen LogP contribution < -0.4 is 4.90 Å². The van der Waals surface area contributed by atoms with E-state index in [1.165, 1.54) is 41.6 Å². The fourth-order valence-electron chi connectivity index (χ4n) is 2.25. The first-order valence-corrected chi connectivity index (χ1v) is 7.97. The van der Waals surface area contributed by atoms with E-state index in [9.17, 15) is 0 Å². The quantitative estimate of drug-likeness (QED) is 0.789. The fourth-order valence-corrected chi connectivity index (χ4v) is 3.95. The zero-order valence-corrected chi connectivity index (χ0v) is 12.4. The normalized spacial score (nSPS) is 21.4. The minimum Gasteiger partial charge on any atom is -0.348 e. The van der Waals surface area contributed by atoms with Gasteiger partial charge in [-0.15, -0.1) is 11.3 Å². The van der Waals surface area contributed by atoms with E-state index in [2.05, 4.69) is 34.7 Å². The Kier molecular flexibility index (Phi) is 4.25. The first kappa shape index (κ1) is 12.4. The Labute approximate surface area is 110 Å². The van der Waals surface area contributed by atoms with Crippen LogP contribution in [0.4, 0.5) is 5.13 Å². The molecule has 0 bridgehead atoms. The lowest BCUT2D eigenvalue weighted by molar-refractivity contribution is 0.446. The number of aromatic nitrogens is 1. The number of aryl methyl sites for hydroxylation is 1. The third-order valence-electron chi connectivity index (χ3n) is 3.15. The van der Waals surface area contributed by atoms with Crippen molar-refractivity contribution in [2.45, 2.75) is 38.4 Å². The van der Waals surface area contributed by atoms with Gasteiger partial charge in [0.05, 0.1) is 5.69 Å². The highest BCUT2D eigenvalue weighted by Gasteiger charge is 2.20. The molecule has 0 N–H and O–H groups in total. The van der Waals surface area contributed by atoms with Gasteiger partial charge in [0.2, 0.25) is 0 Å². The zero-order valence-electron chi connectivity index (χ0n) is 10.0. The van der Waals surface area contributed by atoms with E-state index in [1.807, 2.05) is 11.3 Å². The summed E-state index contributed by atoms with van der Waals surface area (Å²) in [5, 5.41) is 2.18. The minimum atomic E-state index is 0.815. The molecule has 0 spiro atoms. The van der Waals surface area contributed by atoms with E-state index in [0.717, 1.165) is 17.7 Å². The number of thiazole rings is 1. The summed E-state index contributed by atoms with van der Waals surface area (Å²) in [4.78, 5) is 8.63. The van der Waals surface area contributed by atoms with Crippen molar-refractivity contribution in [2.24, 2.45) is 5.92 Å². The molecule has 0 radical (unpaired) electrons. The molecule has 1 atom stereocenters. The average Bonchev–Trinajstić information content (AvgIpc) is 2.72. The molecular weight excluding hydrogens is 284 g/mol. The van der Waals surface area contributed by atoms with Crippen LogP contribution in [-0.4, -0.2) is 18.1 Å². The lowest BCUT2D eigenvalue weighted by Crippen LogP contribution is -2.34. The maximum atomic E-state index is 4.77. The number of anilines is 1. The molecule has 2 nitrogen and oxygen atoms in total. The second-order valence-corrected chi connectivity index (χ2v) is 6.17. The summed E-state index contributed by atoms with van der Waals surface area (Å²) >= 11 is 5.41. The topological polar surface area (TPSA) is 16.1 Å². The van der Waals surface area contributed by atoms with Gasteiger partial charge in [-0.05, 0) is 25.2 Å². The zero-order chi connectivity index (χ0) is 11.5. The van der Waals surface area contributed by atoms with Gasteiger partial charge in [0, 0.05) is 23.3 Å². The molecule has 2 rings (SSSR count). The van der Waals surface area contributed by atoms with Gasteiger partial charge in [-0.1, -0.05) is 29.8 Å². The second-order valence-electron chi connectivity index (χ2n) is 4.55. The number of halogens is 1. The summed E-state index contributed by atoms with van der Waals surface area (Å²) in [6.45, 7) is 6.89. The summed E-state index contributed by atoms with van der Waals surface area (Å²) < 4.78 is 0. The number of hydrogen-bond acceptors (Lipinski definition) is 3. The van der Waals surface area contributed by atoms with E-state index in [-0.39, 0.29) is 0 Å². The molecule has 4 heteroatoms. The van der Waals surface area contributed by atoms with Crippen molar-refractivity contribution in [3.63, 3.8) is 0 Å². The molecule has 0 aliphatic carbocycles. The standard InChI is InChI=1S/C12H19BrN2S/c1-3-10-11(7-13)16-12(14-10)15-6-4-5-9(2)8-15/h9H,3-8H2,1-2H3. The second kappa shape index (κ2) is 5.50. The van der Waals surface area contributed by atoms with Crippen molar-refractivity contribution in [1.29, 1.82) is 0 Å². The van der Waals surface area contributed by atoms with Gasteiger partial charge in [0.25, 0.3) is 0 Å². The van der Waals surface area contributed by atoms with E-state index < -0.39 is 0 Å². The third-order valence-corrected chi connectivity index (χ3v) is 5.24. The predicted molar refractivity (Wildman–Crippen MR) is 74.7 cm³/mol. The van der Waals surface area contributed by atoms with Crippen molar-refractivity contribution in [1.82, 2.24) is 4.98 Å². The molecule has 1 fully saturated rings. The monoisotopic (exact) mass is 302 g/mol. The van der Waals surface area contributed by atoms with Crippen LogP contribution in [0.5, 0.6) is 0 Å². The highest BCUT2D eigenvalue weighted by Crippen LogP contribution is 2.31. The maximum Gasteiger partial charge on any atom is 0.185 e. The Morgan fingerprint density at radius 1 is 1.56 bits per heavy atom. The number of nitrogens with zero attached hydrogens (tertiary/aromatic N) is 2. The molecule has 0 aromatic carbocycles. The summed E-state index contributed by atoms with van der Waals surface area (Å²) in [6, 6.07) is 0. The molecular formula is C12H19BrN2S. The number of alkyl halides is 1. The minimum absolute atomic E-state index is 0.815. The van der Waals surface area contributed by atoms with E-state index >= 15 is 0 Å². The first-order valence-electron chi connectivity index (χ1n) is 6.04. The molecule has 2 heterocycles. The Hall–Kier alpha value is -0.0900. The molecule has 90 valence electrons. The largest absolute Gasteiger partial charge is 0.348 e. The van der Waals surface area contributed by atoms with Crippen LogP contribution in [0.25, 0.3) is 0 Å². The maximum absolute atomic E-state index is 4.77. The van der Waals surface area contributed by atoms with Crippen molar-refractivity contribution < 1.29 is 0 Å². The molecule has 1 aromatic rings. The lowest BCUT2D eigenvalue weighted by atomic mass is 10.0. The fraction of sp³-hybridized carbons (Fsp3) is 0.750. The van der Waals surface area contributed by atoms with Gasteiger partial charge in [-0.2, -0.15) is 0 Å². The summed E-state index contributed by atoms with van der Waals surface area (Å²) in [6.07, 6.45) is 3.72. The predicted octanol–water partition coefficient (Wildman–Crippen LogP) is 3.84. The van der Waals surface area contributed by atoms with Crippen LogP contribution >= 0.6 is 27.3 Å². The molecule has 16 heavy (non-hydrogen) atoms. The average molecular weight is 303 g/mol. The molecule has 1 aromatic heterocycles. The van der Waals surface area contributed by atoms with Crippen molar-refractivity contribution >= 4 is 32.4 Å². The Morgan fingerprint density at radius 2 is 2.38 bits per heavy atom.